The van der Waals surface area contributed by atoms with Gasteiger partial charge in [-0.25, -0.2) is 0 Å². The Kier molecular flexibility index (Phi) is 8.90. The predicted octanol–water partition coefficient (Wildman–Crippen LogP) is 6.65. The third-order valence-electron chi connectivity index (χ3n) is 5.58. The second-order valence-corrected chi connectivity index (χ2v) is 11.2. The summed E-state index contributed by atoms with van der Waals surface area (Å²) in [5.41, 5.74) is 3.35. The minimum atomic E-state index is -0.436. The Morgan fingerprint density at radius 3 is 2.39 bits per heavy atom. The molecule has 1 aliphatic rings. The minimum Gasteiger partial charge on any atom is -0.490 e. The fourth-order valence-corrected chi connectivity index (χ4v) is 5.77. The zero-order chi connectivity index (χ0) is 27.4. The molecule has 1 fully saturated rings. The van der Waals surface area contributed by atoms with Gasteiger partial charge in [0.05, 0.1) is 25.7 Å². The van der Waals surface area contributed by atoms with Gasteiger partial charge in [-0.2, -0.15) is 0 Å². The number of thiocarbonyl (C=S) groups is 1. The van der Waals surface area contributed by atoms with E-state index >= 15 is 0 Å². The molecule has 1 aliphatic heterocycles. The smallest absolute Gasteiger partial charge is 0.270 e. The lowest BCUT2D eigenvalue weighted by atomic mass is 10.1. The molecule has 1 saturated heterocycles. The van der Waals surface area contributed by atoms with Crippen LogP contribution in [-0.4, -0.2) is 35.9 Å². The van der Waals surface area contributed by atoms with Gasteiger partial charge in [0.15, 0.2) is 15.8 Å². The number of amides is 1. The zero-order valence-corrected chi connectivity index (χ0v) is 24.6. The van der Waals surface area contributed by atoms with Gasteiger partial charge in [-0.1, -0.05) is 24.0 Å². The summed E-state index contributed by atoms with van der Waals surface area (Å²) < 4.78 is 13.2. The summed E-state index contributed by atoms with van der Waals surface area (Å²) in [6, 6.07) is 17.6. The Hall–Kier alpha value is -3.16. The molecule has 1 heterocycles. The third-order valence-corrected chi connectivity index (χ3v) is 7.68. The molecular weight excluding hydrogens is 637 g/mol. The second kappa shape index (κ2) is 12.1. The molecule has 0 N–H and O–H groups in total. The molecule has 1 amide bonds. The molecule has 8 nitrogen and oxygen atoms in total. The van der Waals surface area contributed by atoms with Crippen LogP contribution in [0.1, 0.15) is 18.1 Å². The van der Waals surface area contributed by atoms with E-state index in [0.717, 1.165) is 26.1 Å². The molecule has 0 spiro atoms. The normalized spacial score (nSPS) is 14.2. The van der Waals surface area contributed by atoms with Crippen LogP contribution in [0, 0.1) is 13.7 Å². The summed E-state index contributed by atoms with van der Waals surface area (Å²) in [5.74, 6) is 0.933. The number of non-ortho nitro benzene ring substituents is 1. The topological polar surface area (TPSA) is 85.2 Å². The number of benzene rings is 3. The van der Waals surface area contributed by atoms with Crippen LogP contribution >= 0.6 is 46.6 Å². The van der Waals surface area contributed by atoms with Crippen molar-refractivity contribution < 1.29 is 19.2 Å². The summed E-state index contributed by atoms with van der Waals surface area (Å²) >= 11 is 8.96. The predicted molar refractivity (Wildman–Crippen MR) is 164 cm³/mol. The highest BCUT2D eigenvalue weighted by molar-refractivity contribution is 14.1. The number of anilines is 2. The first-order valence-corrected chi connectivity index (χ1v) is 13.9. The van der Waals surface area contributed by atoms with E-state index in [1.54, 1.807) is 23.1 Å². The van der Waals surface area contributed by atoms with E-state index in [0.29, 0.717) is 27.3 Å². The van der Waals surface area contributed by atoms with Crippen LogP contribution in [0.3, 0.4) is 0 Å². The lowest BCUT2D eigenvalue weighted by Gasteiger charge is -2.17. The number of carbonyl (C=O) groups is 1. The number of nitrogens with zero attached hydrogens (tertiary/aromatic N) is 3. The van der Waals surface area contributed by atoms with E-state index in [9.17, 15) is 14.9 Å². The molecule has 0 aromatic heterocycles. The molecule has 3 aromatic rings. The molecular formula is C27H24IN3O5S2. The van der Waals surface area contributed by atoms with Gasteiger partial charge in [0.2, 0.25) is 0 Å². The fourth-order valence-electron chi connectivity index (χ4n) is 3.69. The van der Waals surface area contributed by atoms with Crippen LogP contribution in [-0.2, 0) is 11.4 Å². The van der Waals surface area contributed by atoms with Crippen LogP contribution in [0.15, 0.2) is 65.6 Å². The van der Waals surface area contributed by atoms with E-state index in [4.69, 9.17) is 21.7 Å². The van der Waals surface area contributed by atoms with Crippen molar-refractivity contribution in [1.82, 2.24) is 0 Å². The minimum absolute atomic E-state index is 0.0266. The monoisotopic (exact) mass is 661 g/mol. The number of carbonyl (C=O) groups excluding carboxylic acids is 1. The summed E-state index contributed by atoms with van der Waals surface area (Å²) in [5, 5.41) is 10.9. The molecule has 196 valence electrons. The van der Waals surface area contributed by atoms with Gasteiger partial charge in [-0.3, -0.25) is 19.8 Å². The fraction of sp³-hybridized carbons (Fsp3) is 0.185. The quantitative estimate of drug-likeness (QED) is 0.0829. The molecule has 0 radical (unpaired) electrons. The number of hydrogen-bond donors (Lipinski definition) is 0. The molecule has 0 unspecified atom stereocenters. The number of halogens is 1. The molecule has 3 aromatic carbocycles. The van der Waals surface area contributed by atoms with E-state index in [-0.39, 0.29) is 18.2 Å². The van der Waals surface area contributed by atoms with Crippen molar-refractivity contribution in [2.45, 2.75) is 13.5 Å². The van der Waals surface area contributed by atoms with Gasteiger partial charge in [0.25, 0.3) is 11.6 Å². The third kappa shape index (κ3) is 6.27. The lowest BCUT2D eigenvalue weighted by molar-refractivity contribution is -0.384. The Balaban J connectivity index is 1.55. The number of ether oxygens (including phenoxy) is 2. The molecule has 11 heteroatoms. The van der Waals surface area contributed by atoms with Gasteiger partial charge < -0.3 is 14.4 Å². The van der Waals surface area contributed by atoms with Crippen molar-refractivity contribution in [1.29, 1.82) is 0 Å². The highest BCUT2D eigenvalue weighted by Crippen LogP contribution is 2.39. The average molecular weight is 662 g/mol. The highest BCUT2D eigenvalue weighted by atomic mass is 127. The van der Waals surface area contributed by atoms with Gasteiger partial charge in [-0.05, 0) is 95.2 Å². The van der Waals surface area contributed by atoms with E-state index in [1.165, 1.54) is 23.9 Å². The Labute approximate surface area is 243 Å². The number of hydrogen-bond acceptors (Lipinski definition) is 8. The van der Waals surface area contributed by atoms with Crippen LogP contribution in [0.4, 0.5) is 17.1 Å². The molecule has 0 aliphatic carbocycles. The molecule has 0 atom stereocenters. The SMILES string of the molecule is CCOc1cc(/C=C2/SC(=S)N(c3ccc(N(C)C)cc3)C2=O)cc(I)c1OCc1ccc([N+](=O)[O-])cc1. The van der Waals surface area contributed by atoms with Crippen LogP contribution in [0.5, 0.6) is 11.5 Å². The van der Waals surface area contributed by atoms with Gasteiger partial charge in [0.1, 0.15) is 6.61 Å². The Bertz CT molecular complexity index is 1410. The van der Waals surface area contributed by atoms with Crippen LogP contribution in [0.25, 0.3) is 6.08 Å². The number of nitro benzene ring substituents is 1. The van der Waals surface area contributed by atoms with Gasteiger partial charge >= 0.3 is 0 Å². The van der Waals surface area contributed by atoms with E-state index in [1.807, 2.05) is 62.3 Å². The molecule has 0 bridgehead atoms. The molecule has 38 heavy (non-hydrogen) atoms. The summed E-state index contributed by atoms with van der Waals surface area (Å²) in [6.07, 6.45) is 1.80. The molecule has 4 rings (SSSR count). The van der Waals surface area contributed by atoms with Crippen molar-refractivity contribution in [3.05, 3.63) is 90.4 Å². The summed E-state index contributed by atoms with van der Waals surface area (Å²) in [6.45, 7) is 2.53. The van der Waals surface area contributed by atoms with Crippen LogP contribution < -0.4 is 19.3 Å². The van der Waals surface area contributed by atoms with E-state index < -0.39 is 4.92 Å². The van der Waals surface area contributed by atoms with Crippen molar-refractivity contribution in [3.8, 4) is 11.5 Å². The number of thioether (sulfide) groups is 1. The molecule has 0 saturated carbocycles. The van der Waals surface area contributed by atoms with Crippen molar-refractivity contribution in [2.24, 2.45) is 0 Å². The van der Waals surface area contributed by atoms with Crippen molar-refractivity contribution >= 4 is 79.9 Å². The highest BCUT2D eigenvalue weighted by Gasteiger charge is 2.33. The van der Waals surface area contributed by atoms with Gasteiger partial charge in [0, 0.05) is 31.9 Å². The van der Waals surface area contributed by atoms with Crippen molar-refractivity contribution in [3.63, 3.8) is 0 Å². The first kappa shape index (κ1) is 27.9. The van der Waals surface area contributed by atoms with Gasteiger partial charge in [-0.15, -0.1) is 0 Å². The average Bonchev–Trinajstić information content (AvgIpc) is 3.16. The largest absolute Gasteiger partial charge is 0.490 e. The maximum absolute atomic E-state index is 13.3. The maximum Gasteiger partial charge on any atom is 0.270 e. The number of nitro groups is 1. The number of rotatable bonds is 9. The maximum atomic E-state index is 13.3. The summed E-state index contributed by atoms with van der Waals surface area (Å²) in [4.78, 5) is 27.8. The van der Waals surface area contributed by atoms with E-state index in [2.05, 4.69) is 22.6 Å². The van der Waals surface area contributed by atoms with Crippen LogP contribution in [0.2, 0.25) is 0 Å². The second-order valence-electron chi connectivity index (χ2n) is 8.40. The first-order valence-electron chi connectivity index (χ1n) is 11.6. The zero-order valence-electron chi connectivity index (χ0n) is 20.8. The Morgan fingerprint density at radius 1 is 1.11 bits per heavy atom. The lowest BCUT2D eigenvalue weighted by Crippen LogP contribution is -2.27. The first-order chi connectivity index (χ1) is 18.2. The summed E-state index contributed by atoms with van der Waals surface area (Å²) in [7, 11) is 3.92. The van der Waals surface area contributed by atoms with Crippen molar-refractivity contribution in [2.75, 3.05) is 30.5 Å². The Morgan fingerprint density at radius 2 is 1.79 bits per heavy atom. The standard InChI is InChI=1S/C27H24IN3O5S2/c1-4-35-23-14-18(13-22(28)25(23)36-16-17-5-7-21(8-6-17)31(33)34)15-24-26(32)30(27(37)38-24)20-11-9-19(10-12-20)29(2)3/h5-15H,4,16H2,1-3H3/b24-15+.